The molecule has 0 bridgehead atoms. The predicted octanol–water partition coefficient (Wildman–Crippen LogP) is 0.462. The van der Waals surface area contributed by atoms with E-state index in [1.807, 2.05) is 35.2 Å². The lowest BCUT2D eigenvalue weighted by atomic mass is 10.0. The number of amides is 3. The number of rotatable bonds is 4. The molecule has 0 saturated carbocycles. The summed E-state index contributed by atoms with van der Waals surface area (Å²) in [6.45, 7) is 4.75. The van der Waals surface area contributed by atoms with Gasteiger partial charge in [-0.3, -0.25) is 19.3 Å². The number of anilines is 1. The molecule has 2 saturated heterocycles. The van der Waals surface area contributed by atoms with Gasteiger partial charge in [0.25, 0.3) is 0 Å². The summed E-state index contributed by atoms with van der Waals surface area (Å²) in [6.07, 6.45) is 1.84. The number of piperidine rings is 1. The van der Waals surface area contributed by atoms with E-state index < -0.39 is 0 Å². The predicted molar refractivity (Wildman–Crippen MR) is 98.7 cm³/mol. The van der Waals surface area contributed by atoms with Crippen molar-refractivity contribution in [2.24, 2.45) is 0 Å². The van der Waals surface area contributed by atoms with Crippen LogP contribution in [-0.2, 0) is 14.4 Å². The van der Waals surface area contributed by atoms with E-state index >= 15 is 0 Å². The molecule has 0 spiro atoms. The molecule has 1 aromatic rings. The highest BCUT2D eigenvalue weighted by molar-refractivity contribution is 5.98. The fourth-order valence-electron chi connectivity index (χ4n) is 3.65. The zero-order valence-electron chi connectivity index (χ0n) is 15.2. The molecule has 7 nitrogen and oxygen atoms in total. The first-order valence-electron chi connectivity index (χ1n) is 9.19. The van der Waals surface area contributed by atoms with E-state index in [0.29, 0.717) is 26.2 Å². The average molecular weight is 358 g/mol. The van der Waals surface area contributed by atoms with Crippen LogP contribution in [-0.4, -0.2) is 72.8 Å². The lowest BCUT2D eigenvalue weighted by Gasteiger charge is -2.42. The number of nitrogens with one attached hydrogen (secondary N) is 1. The van der Waals surface area contributed by atoms with Crippen LogP contribution in [0.15, 0.2) is 30.3 Å². The van der Waals surface area contributed by atoms with Gasteiger partial charge in [0.05, 0.1) is 12.6 Å². The molecule has 1 N–H and O–H groups in total. The second kappa shape index (κ2) is 8.31. The number of nitrogens with zero attached hydrogens (tertiary/aromatic N) is 3. The van der Waals surface area contributed by atoms with Gasteiger partial charge < -0.3 is 15.1 Å². The lowest BCUT2D eigenvalue weighted by Crippen LogP contribution is -2.59. The maximum absolute atomic E-state index is 13.0. The van der Waals surface area contributed by atoms with E-state index in [1.165, 1.54) is 6.92 Å². The zero-order valence-corrected chi connectivity index (χ0v) is 15.2. The minimum atomic E-state index is -0.203. The zero-order chi connectivity index (χ0) is 18.5. The van der Waals surface area contributed by atoms with Crippen molar-refractivity contribution in [3.8, 4) is 0 Å². The first-order chi connectivity index (χ1) is 12.6. The van der Waals surface area contributed by atoms with Gasteiger partial charge in [0, 0.05) is 45.3 Å². The molecule has 1 aromatic carbocycles. The van der Waals surface area contributed by atoms with Gasteiger partial charge in [-0.25, -0.2) is 0 Å². The first-order valence-corrected chi connectivity index (χ1v) is 9.19. The summed E-state index contributed by atoms with van der Waals surface area (Å²) in [5, 5.41) is 2.54. The Balaban J connectivity index is 1.56. The summed E-state index contributed by atoms with van der Waals surface area (Å²) in [5.41, 5.74) is 0.950. The molecule has 3 rings (SSSR count). The largest absolute Gasteiger partial charge is 0.347 e. The molecule has 140 valence electrons. The standard InChI is InChI=1S/C19H26N4O3/c1-15(24)20-14-18(25)22-12-10-21(11-13-22)17-8-5-9-23(19(17)26)16-6-3-2-4-7-16/h2-4,6-7,17H,5,8-14H2,1H3,(H,20,24)/t17-/m1/s1. The molecule has 0 unspecified atom stereocenters. The van der Waals surface area contributed by atoms with Gasteiger partial charge in [-0.15, -0.1) is 0 Å². The number of hydrogen-bond donors (Lipinski definition) is 1. The quantitative estimate of drug-likeness (QED) is 0.849. The highest BCUT2D eigenvalue weighted by Crippen LogP contribution is 2.24. The number of hydrogen-bond acceptors (Lipinski definition) is 4. The summed E-state index contributed by atoms with van der Waals surface area (Å²) < 4.78 is 0. The molecule has 7 heteroatoms. The molecule has 1 atom stereocenters. The third-order valence-corrected chi connectivity index (χ3v) is 5.07. The van der Waals surface area contributed by atoms with Gasteiger partial charge in [-0.1, -0.05) is 18.2 Å². The van der Waals surface area contributed by atoms with E-state index in [-0.39, 0.29) is 30.3 Å². The highest BCUT2D eigenvalue weighted by Gasteiger charge is 2.35. The van der Waals surface area contributed by atoms with Crippen molar-refractivity contribution in [2.75, 3.05) is 44.2 Å². The van der Waals surface area contributed by atoms with Gasteiger partial charge in [0.1, 0.15) is 0 Å². The summed E-state index contributed by atoms with van der Waals surface area (Å²) >= 11 is 0. The third-order valence-electron chi connectivity index (χ3n) is 5.07. The van der Waals surface area contributed by atoms with Gasteiger partial charge >= 0.3 is 0 Å². The van der Waals surface area contributed by atoms with Crippen molar-refractivity contribution in [3.63, 3.8) is 0 Å². The van der Waals surface area contributed by atoms with Crippen LogP contribution in [0, 0.1) is 0 Å². The Kier molecular flexibility index (Phi) is 5.88. The molecule has 0 aromatic heterocycles. The van der Waals surface area contributed by atoms with E-state index in [4.69, 9.17) is 0 Å². The Morgan fingerprint density at radius 1 is 1.08 bits per heavy atom. The smallest absolute Gasteiger partial charge is 0.244 e. The Hall–Kier alpha value is -2.41. The molecule has 2 aliphatic heterocycles. The van der Waals surface area contributed by atoms with Crippen molar-refractivity contribution >= 4 is 23.4 Å². The molecular weight excluding hydrogens is 332 g/mol. The number of carbonyl (C=O) groups is 3. The molecule has 0 radical (unpaired) electrons. The van der Waals surface area contributed by atoms with Crippen LogP contribution in [0.2, 0.25) is 0 Å². The minimum Gasteiger partial charge on any atom is -0.347 e. The first kappa shape index (κ1) is 18.4. The molecule has 3 amide bonds. The monoisotopic (exact) mass is 358 g/mol. The van der Waals surface area contributed by atoms with Gasteiger partial charge in [0.15, 0.2) is 0 Å². The van der Waals surface area contributed by atoms with Crippen molar-refractivity contribution in [1.29, 1.82) is 0 Å². The Morgan fingerprint density at radius 2 is 1.77 bits per heavy atom. The Labute approximate surface area is 153 Å². The number of carbonyl (C=O) groups excluding carboxylic acids is 3. The summed E-state index contributed by atoms with van der Waals surface area (Å²) in [5.74, 6) is -0.119. The second-order valence-corrected chi connectivity index (χ2v) is 6.81. The van der Waals surface area contributed by atoms with Crippen LogP contribution in [0.4, 0.5) is 5.69 Å². The number of piperazine rings is 1. The maximum atomic E-state index is 13.0. The summed E-state index contributed by atoms with van der Waals surface area (Å²) in [4.78, 5) is 41.9. The van der Waals surface area contributed by atoms with Crippen LogP contribution in [0.5, 0.6) is 0 Å². The van der Waals surface area contributed by atoms with Crippen LogP contribution in [0.25, 0.3) is 0 Å². The minimum absolute atomic E-state index is 0.0411. The number of benzene rings is 1. The molecule has 26 heavy (non-hydrogen) atoms. The van der Waals surface area contributed by atoms with E-state index in [2.05, 4.69) is 10.2 Å². The second-order valence-electron chi connectivity index (χ2n) is 6.81. The topological polar surface area (TPSA) is 73.0 Å². The fraction of sp³-hybridized carbons (Fsp3) is 0.526. The van der Waals surface area contributed by atoms with E-state index in [0.717, 1.165) is 25.1 Å². The Bertz CT molecular complexity index is 656. The third kappa shape index (κ3) is 4.22. The van der Waals surface area contributed by atoms with Crippen molar-refractivity contribution < 1.29 is 14.4 Å². The van der Waals surface area contributed by atoms with Crippen LogP contribution >= 0.6 is 0 Å². The molecule has 2 fully saturated rings. The van der Waals surface area contributed by atoms with E-state index in [9.17, 15) is 14.4 Å². The van der Waals surface area contributed by atoms with Gasteiger partial charge in [-0.2, -0.15) is 0 Å². The average Bonchev–Trinajstić information content (AvgIpc) is 2.67. The van der Waals surface area contributed by atoms with Crippen LogP contribution < -0.4 is 10.2 Å². The molecule has 2 heterocycles. The highest BCUT2D eigenvalue weighted by atomic mass is 16.2. The molecular formula is C19H26N4O3. The fourth-order valence-corrected chi connectivity index (χ4v) is 3.65. The van der Waals surface area contributed by atoms with E-state index in [1.54, 1.807) is 4.90 Å². The normalized spacial score (nSPS) is 21.6. The van der Waals surface area contributed by atoms with Gasteiger partial charge in [-0.05, 0) is 25.0 Å². The molecule has 2 aliphatic rings. The Morgan fingerprint density at radius 3 is 2.42 bits per heavy atom. The van der Waals surface area contributed by atoms with Crippen molar-refractivity contribution in [2.45, 2.75) is 25.8 Å². The van der Waals surface area contributed by atoms with Crippen LogP contribution in [0.1, 0.15) is 19.8 Å². The summed E-state index contributed by atoms with van der Waals surface area (Å²) in [7, 11) is 0. The summed E-state index contributed by atoms with van der Waals surface area (Å²) in [6, 6.07) is 9.68. The SMILES string of the molecule is CC(=O)NCC(=O)N1CCN([C@@H]2CCCN(c3ccccc3)C2=O)CC1. The maximum Gasteiger partial charge on any atom is 0.244 e. The van der Waals surface area contributed by atoms with Crippen molar-refractivity contribution in [3.05, 3.63) is 30.3 Å². The number of para-hydroxylation sites is 1. The van der Waals surface area contributed by atoms with Gasteiger partial charge in [0.2, 0.25) is 17.7 Å². The van der Waals surface area contributed by atoms with Crippen molar-refractivity contribution in [1.82, 2.24) is 15.1 Å². The van der Waals surface area contributed by atoms with Crippen LogP contribution in [0.3, 0.4) is 0 Å². The molecule has 0 aliphatic carbocycles. The lowest BCUT2D eigenvalue weighted by molar-refractivity contribution is -0.135.